The summed E-state index contributed by atoms with van der Waals surface area (Å²) in [5.74, 6) is 1.31. The van der Waals surface area contributed by atoms with Gasteiger partial charge < -0.3 is 26.0 Å². The number of aryl methyl sites for hydroxylation is 1. The van der Waals surface area contributed by atoms with E-state index in [0.717, 1.165) is 62.1 Å². The Morgan fingerprint density at radius 2 is 1.71 bits per heavy atom. The van der Waals surface area contributed by atoms with Gasteiger partial charge in [0, 0.05) is 43.5 Å². The second kappa shape index (κ2) is 14.3. The summed E-state index contributed by atoms with van der Waals surface area (Å²) < 4.78 is 7.14. The van der Waals surface area contributed by atoms with Crippen LogP contribution in [-0.2, 0) is 23.0 Å². The lowest BCUT2D eigenvalue weighted by Crippen LogP contribution is -2.42. The van der Waals surface area contributed by atoms with Gasteiger partial charge >= 0.3 is 6.09 Å². The van der Waals surface area contributed by atoms with Gasteiger partial charge in [0.1, 0.15) is 5.60 Å². The maximum absolute atomic E-state index is 12.2. The van der Waals surface area contributed by atoms with E-state index in [1.165, 1.54) is 18.5 Å². The summed E-state index contributed by atoms with van der Waals surface area (Å²) in [6.45, 7) is 6.90. The molecule has 2 aromatic rings. The minimum atomic E-state index is -0.504. The molecule has 12 heteroatoms. The first-order chi connectivity index (χ1) is 19.6. The molecule has 4 N–H and O–H groups in total. The fourth-order valence-corrected chi connectivity index (χ4v) is 5.22. The molecule has 2 heterocycles. The highest BCUT2D eigenvalue weighted by molar-refractivity contribution is 6.33. The van der Waals surface area contributed by atoms with Crippen LogP contribution in [0.5, 0.6) is 0 Å². The molecule has 0 unspecified atom stereocenters. The standard InChI is InChI=1S/C29H45ClN8O3/c1-29(2,3)41-28(40)32-14-6-5-13-31-25(39)18-33-20-9-11-21(12-10-20)36-27-34-17-23(30)26(37-27)22-16-35-38(4)24(22)15-19-7-8-19/h16-17,19-21,33H,5-15,18H2,1-4H3,(H,31,39)(H,32,40)(H,34,36,37). The molecule has 0 aromatic carbocycles. The quantitative estimate of drug-likeness (QED) is 0.256. The summed E-state index contributed by atoms with van der Waals surface area (Å²) in [5, 5.41) is 17.6. The molecular formula is C29H45ClN8O3. The van der Waals surface area contributed by atoms with Crippen molar-refractivity contribution >= 4 is 29.5 Å². The molecule has 2 aliphatic carbocycles. The summed E-state index contributed by atoms with van der Waals surface area (Å²) in [4.78, 5) is 33.1. The molecule has 0 spiro atoms. The number of carbonyl (C=O) groups excluding carboxylic acids is 2. The number of rotatable bonds is 13. The normalized spacial score (nSPS) is 19.0. The molecule has 2 amide bonds. The van der Waals surface area contributed by atoms with Gasteiger partial charge in [0.25, 0.3) is 0 Å². The van der Waals surface area contributed by atoms with Crippen molar-refractivity contribution < 1.29 is 14.3 Å². The lowest BCUT2D eigenvalue weighted by atomic mass is 9.91. The smallest absolute Gasteiger partial charge is 0.407 e. The number of aromatic nitrogens is 4. The third-order valence-corrected chi connectivity index (χ3v) is 7.72. The molecule has 4 rings (SSSR count). The number of ether oxygens (including phenoxy) is 1. The van der Waals surface area contributed by atoms with E-state index < -0.39 is 11.7 Å². The summed E-state index contributed by atoms with van der Waals surface area (Å²) in [7, 11) is 1.97. The van der Waals surface area contributed by atoms with E-state index in [1.54, 1.807) is 6.20 Å². The van der Waals surface area contributed by atoms with Crippen molar-refractivity contribution in [1.82, 2.24) is 35.7 Å². The van der Waals surface area contributed by atoms with Crippen LogP contribution in [0.3, 0.4) is 0 Å². The zero-order chi connectivity index (χ0) is 29.4. The predicted molar refractivity (Wildman–Crippen MR) is 160 cm³/mol. The van der Waals surface area contributed by atoms with E-state index >= 15 is 0 Å². The first-order valence-electron chi connectivity index (χ1n) is 14.8. The van der Waals surface area contributed by atoms with Crippen LogP contribution in [0.15, 0.2) is 12.4 Å². The van der Waals surface area contributed by atoms with Crippen molar-refractivity contribution in [2.24, 2.45) is 13.0 Å². The van der Waals surface area contributed by atoms with Crippen LogP contribution < -0.4 is 21.3 Å². The Labute approximate surface area is 247 Å². The molecule has 11 nitrogen and oxygen atoms in total. The number of hydrogen-bond donors (Lipinski definition) is 4. The van der Waals surface area contributed by atoms with Gasteiger partial charge in [0.05, 0.1) is 29.7 Å². The maximum Gasteiger partial charge on any atom is 0.407 e. The summed E-state index contributed by atoms with van der Waals surface area (Å²) in [6, 6.07) is 0.573. The molecular weight excluding hydrogens is 544 g/mol. The number of amides is 2. The summed E-state index contributed by atoms with van der Waals surface area (Å²) in [5.41, 5.74) is 2.38. The van der Waals surface area contributed by atoms with Crippen LogP contribution in [-0.4, -0.2) is 69.1 Å². The second-order valence-electron chi connectivity index (χ2n) is 12.2. The largest absolute Gasteiger partial charge is 0.444 e. The van der Waals surface area contributed by atoms with Gasteiger partial charge in [-0.25, -0.2) is 14.8 Å². The maximum atomic E-state index is 12.2. The van der Waals surface area contributed by atoms with E-state index in [-0.39, 0.29) is 11.9 Å². The Balaban J connectivity index is 1.12. The van der Waals surface area contributed by atoms with Crippen LogP contribution in [0.1, 0.15) is 77.8 Å². The van der Waals surface area contributed by atoms with E-state index in [9.17, 15) is 9.59 Å². The third kappa shape index (κ3) is 10.1. The molecule has 0 aliphatic heterocycles. The number of unbranched alkanes of at least 4 members (excludes halogenated alkanes) is 1. The molecule has 0 bridgehead atoms. The molecule has 2 aliphatic rings. The number of nitrogens with zero attached hydrogens (tertiary/aromatic N) is 4. The molecule has 226 valence electrons. The molecule has 0 atom stereocenters. The van der Waals surface area contributed by atoms with Gasteiger partial charge in [-0.1, -0.05) is 11.6 Å². The van der Waals surface area contributed by atoms with Gasteiger partial charge in [0.2, 0.25) is 11.9 Å². The van der Waals surface area contributed by atoms with Crippen LogP contribution in [0.2, 0.25) is 5.02 Å². The number of nitrogens with one attached hydrogen (secondary N) is 4. The van der Waals surface area contributed by atoms with Crippen LogP contribution in [0.4, 0.5) is 10.7 Å². The monoisotopic (exact) mass is 588 g/mol. The Morgan fingerprint density at radius 3 is 2.39 bits per heavy atom. The van der Waals surface area contributed by atoms with E-state index in [4.69, 9.17) is 21.3 Å². The van der Waals surface area contributed by atoms with Gasteiger partial charge in [-0.2, -0.15) is 5.10 Å². The summed E-state index contributed by atoms with van der Waals surface area (Å²) in [6.07, 6.45) is 12.1. The van der Waals surface area contributed by atoms with Crippen molar-refractivity contribution in [2.45, 2.75) is 96.2 Å². The lowest BCUT2D eigenvalue weighted by molar-refractivity contribution is -0.120. The minimum absolute atomic E-state index is 0.0103. The third-order valence-electron chi connectivity index (χ3n) is 7.45. The Hall–Kier alpha value is -2.92. The SMILES string of the molecule is Cn1ncc(-c2nc(NC3CCC(NCC(=O)NCCCCNC(=O)OC(C)(C)C)CC3)ncc2Cl)c1CC1CC1. The fourth-order valence-electron chi connectivity index (χ4n) is 5.03. The molecule has 2 saturated carbocycles. The number of halogens is 1. The van der Waals surface area contributed by atoms with Crippen molar-refractivity contribution in [1.29, 1.82) is 0 Å². The first-order valence-corrected chi connectivity index (χ1v) is 15.2. The minimum Gasteiger partial charge on any atom is -0.444 e. The number of anilines is 1. The Kier molecular flexibility index (Phi) is 10.8. The number of carbonyl (C=O) groups is 2. The highest BCUT2D eigenvalue weighted by Gasteiger charge is 2.27. The van der Waals surface area contributed by atoms with Gasteiger partial charge in [-0.3, -0.25) is 9.48 Å². The molecule has 2 aromatic heterocycles. The fraction of sp³-hybridized carbons (Fsp3) is 0.690. The van der Waals surface area contributed by atoms with Crippen LogP contribution in [0, 0.1) is 5.92 Å². The van der Waals surface area contributed by atoms with Crippen molar-refractivity contribution in [3.63, 3.8) is 0 Å². The average molecular weight is 589 g/mol. The van der Waals surface area contributed by atoms with Crippen molar-refractivity contribution in [3.05, 3.63) is 23.1 Å². The number of alkyl carbamates (subject to hydrolysis) is 1. The lowest BCUT2D eigenvalue weighted by Gasteiger charge is -2.29. The molecule has 0 saturated heterocycles. The number of hydrogen-bond acceptors (Lipinski definition) is 8. The average Bonchev–Trinajstić information content (AvgIpc) is 3.67. The highest BCUT2D eigenvalue weighted by atomic mass is 35.5. The van der Waals surface area contributed by atoms with Crippen LogP contribution in [0.25, 0.3) is 11.3 Å². The molecule has 2 fully saturated rings. The van der Waals surface area contributed by atoms with Gasteiger partial charge in [-0.15, -0.1) is 0 Å². The predicted octanol–water partition coefficient (Wildman–Crippen LogP) is 4.22. The van der Waals surface area contributed by atoms with Crippen molar-refractivity contribution in [3.8, 4) is 11.3 Å². The second-order valence-corrected chi connectivity index (χ2v) is 12.6. The summed E-state index contributed by atoms with van der Waals surface area (Å²) >= 11 is 6.52. The van der Waals surface area contributed by atoms with Gasteiger partial charge in [0.15, 0.2) is 0 Å². The van der Waals surface area contributed by atoms with E-state index in [2.05, 4.69) is 31.3 Å². The topological polar surface area (TPSA) is 135 Å². The van der Waals surface area contributed by atoms with Gasteiger partial charge in [-0.05, 0) is 84.5 Å². The Bertz CT molecular complexity index is 1170. The van der Waals surface area contributed by atoms with E-state index in [0.29, 0.717) is 36.6 Å². The molecule has 0 radical (unpaired) electrons. The van der Waals surface area contributed by atoms with Crippen molar-refractivity contribution in [2.75, 3.05) is 25.0 Å². The van der Waals surface area contributed by atoms with E-state index in [1.807, 2.05) is 38.7 Å². The zero-order valence-corrected chi connectivity index (χ0v) is 25.5. The highest BCUT2D eigenvalue weighted by Crippen LogP contribution is 2.37. The zero-order valence-electron chi connectivity index (χ0n) is 24.8. The Morgan fingerprint density at radius 1 is 1.02 bits per heavy atom. The molecule has 41 heavy (non-hydrogen) atoms. The first kappa shape index (κ1) is 31.0. The van der Waals surface area contributed by atoms with Crippen LogP contribution >= 0.6 is 11.6 Å².